The highest BCUT2D eigenvalue weighted by Crippen LogP contribution is 2.26. The lowest BCUT2D eigenvalue weighted by Crippen LogP contribution is -2.39. The molecule has 20 heavy (non-hydrogen) atoms. The first kappa shape index (κ1) is 12.7. The fourth-order valence-electron chi connectivity index (χ4n) is 2.73. The number of aromatic nitrogens is 2. The van der Waals surface area contributed by atoms with Gasteiger partial charge in [-0.05, 0) is 24.5 Å². The molecule has 0 aliphatic carbocycles. The minimum atomic E-state index is -0.913. The number of hydrogen-bond acceptors (Lipinski definition) is 4. The third-order valence-electron chi connectivity index (χ3n) is 3.65. The lowest BCUT2D eigenvalue weighted by molar-refractivity contribution is -0.138. The molecule has 0 saturated carbocycles. The Morgan fingerprint density at radius 2 is 2.20 bits per heavy atom. The van der Waals surface area contributed by atoms with Gasteiger partial charge in [-0.3, -0.25) is 4.79 Å². The van der Waals surface area contributed by atoms with Crippen LogP contribution in [0.4, 0.5) is 5.82 Å². The zero-order valence-electron chi connectivity index (χ0n) is 11.0. The van der Waals surface area contributed by atoms with Gasteiger partial charge in [0.05, 0.1) is 11.0 Å². The van der Waals surface area contributed by atoms with Gasteiger partial charge in [-0.2, -0.15) is 0 Å². The number of carbonyl (C=O) groups is 1. The number of aromatic amines is 1. The van der Waals surface area contributed by atoms with Crippen molar-refractivity contribution in [1.29, 1.82) is 0 Å². The van der Waals surface area contributed by atoms with Crippen molar-refractivity contribution in [2.24, 2.45) is 5.92 Å². The highest BCUT2D eigenvalue weighted by atomic mass is 16.4. The summed E-state index contributed by atoms with van der Waals surface area (Å²) in [4.78, 5) is 32.2. The molecule has 1 aromatic carbocycles. The number of nitrogens with one attached hydrogen (secondary N) is 1. The summed E-state index contributed by atoms with van der Waals surface area (Å²) in [5.41, 5.74) is 0.968. The summed E-state index contributed by atoms with van der Waals surface area (Å²) >= 11 is 0. The highest BCUT2D eigenvalue weighted by Gasteiger charge is 2.36. The highest BCUT2D eigenvalue weighted by molar-refractivity contribution is 5.80. The smallest absolute Gasteiger partial charge is 0.326 e. The molecule has 0 spiro atoms. The largest absolute Gasteiger partial charge is 0.480 e. The number of aliphatic carboxylic acids is 1. The molecule has 6 nitrogen and oxygen atoms in total. The second-order valence-corrected chi connectivity index (χ2v) is 5.25. The van der Waals surface area contributed by atoms with Crippen LogP contribution in [-0.2, 0) is 4.79 Å². The number of carboxylic acids is 1. The van der Waals surface area contributed by atoms with E-state index in [9.17, 15) is 14.7 Å². The van der Waals surface area contributed by atoms with Crippen LogP contribution in [0.3, 0.4) is 0 Å². The van der Waals surface area contributed by atoms with Crippen molar-refractivity contribution in [1.82, 2.24) is 9.97 Å². The second-order valence-electron chi connectivity index (χ2n) is 5.25. The number of rotatable bonds is 2. The summed E-state index contributed by atoms with van der Waals surface area (Å²) in [6, 6.07) is 6.54. The number of H-pyrrole nitrogens is 1. The molecule has 2 aromatic rings. The molecule has 0 radical (unpaired) electrons. The maximum absolute atomic E-state index is 12.1. The van der Waals surface area contributed by atoms with E-state index in [0.29, 0.717) is 24.0 Å². The van der Waals surface area contributed by atoms with Gasteiger partial charge in [0.1, 0.15) is 6.04 Å². The molecule has 1 aromatic heterocycles. The molecule has 0 amide bonds. The van der Waals surface area contributed by atoms with Crippen molar-refractivity contribution in [3.8, 4) is 0 Å². The number of para-hydroxylation sites is 2. The van der Waals surface area contributed by atoms with Crippen molar-refractivity contribution in [3.05, 3.63) is 34.6 Å². The zero-order chi connectivity index (χ0) is 14.3. The first-order valence-corrected chi connectivity index (χ1v) is 6.55. The Morgan fingerprint density at radius 3 is 2.95 bits per heavy atom. The van der Waals surface area contributed by atoms with Gasteiger partial charge in [-0.15, -0.1) is 0 Å². The van der Waals surface area contributed by atoms with Crippen molar-refractivity contribution in [3.63, 3.8) is 0 Å². The number of benzene rings is 1. The van der Waals surface area contributed by atoms with Gasteiger partial charge < -0.3 is 15.0 Å². The van der Waals surface area contributed by atoms with Gasteiger partial charge in [-0.1, -0.05) is 19.1 Å². The Balaban J connectivity index is 2.11. The van der Waals surface area contributed by atoms with Gasteiger partial charge in [0.15, 0.2) is 5.82 Å². The van der Waals surface area contributed by atoms with Gasteiger partial charge in [-0.25, -0.2) is 9.78 Å². The summed E-state index contributed by atoms with van der Waals surface area (Å²) < 4.78 is 0. The maximum Gasteiger partial charge on any atom is 0.326 e. The Labute approximate surface area is 115 Å². The van der Waals surface area contributed by atoms with E-state index in [2.05, 4.69) is 9.97 Å². The van der Waals surface area contributed by atoms with Crippen LogP contribution < -0.4 is 10.5 Å². The molecule has 1 saturated heterocycles. The van der Waals surface area contributed by atoms with Crippen LogP contribution in [0.15, 0.2) is 29.1 Å². The quantitative estimate of drug-likeness (QED) is 0.859. The van der Waals surface area contributed by atoms with Crippen LogP contribution >= 0.6 is 0 Å². The molecule has 1 aliphatic heterocycles. The Bertz CT molecular complexity index is 725. The molecule has 2 atom stereocenters. The predicted octanol–water partition coefficient (Wildman–Crippen LogP) is 1.22. The van der Waals surface area contributed by atoms with Crippen LogP contribution in [0.5, 0.6) is 0 Å². The van der Waals surface area contributed by atoms with Crippen molar-refractivity contribution in [2.45, 2.75) is 19.4 Å². The third-order valence-corrected chi connectivity index (χ3v) is 3.65. The number of carboxylic acid groups (broad SMARTS) is 1. The molecule has 6 heteroatoms. The molecule has 2 heterocycles. The fraction of sp³-hybridized carbons (Fsp3) is 0.357. The Kier molecular flexibility index (Phi) is 2.93. The molecule has 1 aliphatic rings. The molecule has 2 unspecified atom stereocenters. The lowest BCUT2D eigenvalue weighted by Gasteiger charge is -2.21. The van der Waals surface area contributed by atoms with Crippen LogP contribution in [0.25, 0.3) is 11.0 Å². The molecule has 0 bridgehead atoms. The number of hydrogen-bond donors (Lipinski definition) is 2. The van der Waals surface area contributed by atoms with Gasteiger partial charge in [0.2, 0.25) is 0 Å². The maximum atomic E-state index is 12.1. The molecule has 104 valence electrons. The van der Waals surface area contributed by atoms with E-state index in [1.807, 2.05) is 19.1 Å². The average Bonchev–Trinajstić information content (AvgIpc) is 2.80. The predicted molar refractivity (Wildman–Crippen MR) is 74.9 cm³/mol. The zero-order valence-corrected chi connectivity index (χ0v) is 11.0. The van der Waals surface area contributed by atoms with Crippen LogP contribution in [0.2, 0.25) is 0 Å². The number of fused-ring (bicyclic) bond motifs is 1. The van der Waals surface area contributed by atoms with Crippen molar-refractivity contribution < 1.29 is 9.90 Å². The van der Waals surface area contributed by atoms with E-state index in [4.69, 9.17) is 0 Å². The topological polar surface area (TPSA) is 86.3 Å². The molecule has 1 fully saturated rings. The van der Waals surface area contributed by atoms with E-state index < -0.39 is 12.0 Å². The van der Waals surface area contributed by atoms with Crippen molar-refractivity contribution in [2.75, 3.05) is 11.4 Å². The molecular weight excluding hydrogens is 258 g/mol. The van der Waals surface area contributed by atoms with E-state index in [1.54, 1.807) is 17.0 Å². The third kappa shape index (κ3) is 2.03. The average molecular weight is 273 g/mol. The summed E-state index contributed by atoms with van der Waals surface area (Å²) in [7, 11) is 0. The van der Waals surface area contributed by atoms with E-state index >= 15 is 0 Å². The monoisotopic (exact) mass is 273 g/mol. The molecule has 3 rings (SSSR count). The van der Waals surface area contributed by atoms with E-state index in [1.165, 1.54) is 0 Å². The first-order chi connectivity index (χ1) is 9.56. The summed E-state index contributed by atoms with van der Waals surface area (Å²) in [5, 5.41) is 9.29. The first-order valence-electron chi connectivity index (χ1n) is 6.55. The molecular formula is C14H15N3O3. The van der Waals surface area contributed by atoms with Gasteiger partial charge in [0, 0.05) is 6.54 Å². The van der Waals surface area contributed by atoms with Gasteiger partial charge in [0.25, 0.3) is 5.56 Å². The Morgan fingerprint density at radius 1 is 1.45 bits per heavy atom. The Hall–Kier alpha value is -2.37. The fourth-order valence-corrected chi connectivity index (χ4v) is 2.73. The summed E-state index contributed by atoms with van der Waals surface area (Å²) in [6.07, 6.45) is 0.531. The van der Waals surface area contributed by atoms with Crippen LogP contribution in [0, 0.1) is 5.92 Å². The minimum Gasteiger partial charge on any atom is -0.480 e. The normalized spacial score (nSPS) is 22.4. The second kappa shape index (κ2) is 4.63. The number of anilines is 1. The minimum absolute atomic E-state index is 0.195. The standard InChI is InChI=1S/C14H15N3O3/c1-8-6-11(14(19)20)17(7-8)12-13(18)16-10-5-3-2-4-9(10)15-12/h2-5,8,11H,6-7H2,1H3,(H,16,18)(H,19,20). The summed E-state index contributed by atoms with van der Waals surface area (Å²) in [5.74, 6) is -0.493. The van der Waals surface area contributed by atoms with Crippen LogP contribution in [-0.4, -0.2) is 33.6 Å². The SMILES string of the molecule is CC1CC(C(=O)O)N(c2nc3ccccc3[nH]c2=O)C1. The van der Waals surface area contributed by atoms with E-state index in [-0.39, 0.29) is 17.3 Å². The summed E-state index contributed by atoms with van der Waals surface area (Å²) in [6.45, 7) is 2.51. The lowest BCUT2D eigenvalue weighted by atomic mass is 10.1. The van der Waals surface area contributed by atoms with Crippen molar-refractivity contribution >= 4 is 22.8 Å². The number of nitrogens with zero attached hydrogens (tertiary/aromatic N) is 2. The van der Waals surface area contributed by atoms with Crippen LogP contribution in [0.1, 0.15) is 13.3 Å². The van der Waals surface area contributed by atoms with Gasteiger partial charge >= 0.3 is 5.97 Å². The molecule has 2 N–H and O–H groups in total. The van der Waals surface area contributed by atoms with E-state index in [0.717, 1.165) is 0 Å².